The Balaban J connectivity index is 3.01. The van der Waals surface area contributed by atoms with Gasteiger partial charge in [0.25, 0.3) is 0 Å². The Morgan fingerprint density at radius 1 is 1.67 bits per heavy atom. The minimum absolute atomic E-state index is 0.907. The molecule has 0 radical (unpaired) electrons. The van der Waals surface area contributed by atoms with Crippen LogP contribution in [-0.4, -0.2) is 40.0 Å². The van der Waals surface area contributed by atoms with Crippen LogP contribution in [0.3, 0.4) is 0 Å². The van der Waals surface area contributed by atoms with Crippen molar-refractivity contribution in [1.82, 2.24) is 4.98 Å². The summed E-state index contributed by atoms with van der Waals surface area (Å²) in [5.74, 6) is 0.907. The van der Waals surface area contributed by atoms with Crippen LogP contribution in [0.4, 0.5) is 0 Å². The van der Waals surface area contributed by atoms with E-state index >= 15 is 0 Å². The quantitative estimate of drug-likeness (QED) is 0.496. The standard InChI is InChI=1S/C6H6NO.Na/c1-8-6-3-2-4-7-5-6;/h2-4H,1H3;. The minimum atomic E-state index is 0.907. The summed E-state index contributed by atoms with van der Waals surface area (Å²) >= 11 is 0.949. The van der Waals surface area contributed by atoms with E-state index in [-0.39, 0.29) is 0 Å². The van der Waals surface area contributed by atoms with Gasteiger partial charge >= 0.3 is 71.8 Å². The number of nitrogens with zero attached hydrogens (tertiary/aromatic N) is 1. The molecule has 0 bridgehead atoms. The summed E-state index contributed by atoms with van der Waals surface area (Å²) in [6.45, 7) is 0. The first-order valence-corrected chi connectivity index (χ1v) is 3.80. The van der Waals surface area contributed by atoms with Gasteiger partial charge in [-0.15, -0.1) is 0 Å². The van der Waals surface area contributed by atoms with Crippen molar-refractivity contribution in [1.29, 1.82) is 0 Å². The zero-order valence-electron chi connectivity index (χ0n) is 5.59. The van der Waals surface area contributed by atoms with E-state index in [1.165, 1.54) is 0 Å². The summed E-state index contributed by atoms with van der Waals surface area (Å²) in [6, 6.07) is 3.80. The maximum atomic E-state index is 5.02. The Hall–Kier alpha value is -0.0500. The van der Waals surface area contributed by atoms with Gasteiger partial charge in [0.1, 0.15) is 0 Å². The van der Waals surface area contributed by atoms with E-state index in [1.807, 2.05) is 12.1 Å². The molecule has 0 N–H and O–H groups in total. The van der Waals surface area contributed by atoms with Crippen molar-refractivity contribution in [2.45, 2.75) is 0 Å². The van der Waals surface area contributed by atoms with Gasteiger partial charge in [0, 0.05) is 0 Å². The van der Waals surface area contributed by atoms with Crippen LogP contribution in [0.15, 0.2) is 18.3 Å². The molecule has 1 heterocycles. The van der Waals surface area contributed by atoms with E-state index in [4.69, 9.17) is 4.74 Å². The number of methoxy groups -OCH3 is 1. The first kappa shape index (κ1) is 7.06. The molecule has 1 aromatic rings. The zero-order chi connectivity index (χ0) is 6.69. The summed E-state index contributed by atoms with van der Waals surface area (Å²) in [6.07, 6.45) is 1.78. The third-order valence-electron chi connectivity index (χ3n) is 1.18. The molecule has 42 valence electrons. The van der Waals surface area contributed by atoms with E-state index in [0.29, 0.717) is 0 Å². The van der Waals surface area contributed by atoms with Crippen molar-refractivity contribution < 1.29 is 4.74 Å². The van der Waals surface area contributed by atoms with Crippen LogP contribution < -0.4 is 7.68 Å². The third kappa shape index (κ3) is 1.68. The fourth-order valence-corrected chi connectivity index (χ4v) is 1.21. The van der Waals surface area contributed by atoms with Gasteiger partial charge in [-0.3, -0.25) is 0 Å². The van der Waals surface area contributed by atoms with E-state index < -0.39 is 0 Å². The number of hydrogen-bond donors (Lipinski definition) is 0. The van der Waals surface area contributed by atoms with Gasteiger partial charge in [-0.25, -0.2) is 0 Å². The molecule has 0 saturated heterocycles. The van der Waals surface area contributed by atoms with Gasteiger partial charge in [-0.1, -0.05) is 0 Å². The SMILES string of the molecule is COc1cccn[c]1[Na]. The van der Waals surface area contributed by atoms with Crippen molar-refractivity contribution in [2.24, 2.45) is 0 Å². The number of aromatic nitrogens is 1. The van der Waals surface area contributed by atoms with Gasteiger partial charge < -0.3 is 0 Å². The Kier molecular flexibility index (Phi) is 2.51. The van der Waals surface area contributed by atoms with E-state index in [2.05, 4.69) is 4.98 Å². The first-order chi connectivity index (χ1) is 4.34. The van der Waals surface area contributed by atoms with Crippen LogP contribution in [0.5, 0.6) is 5.75 Å². The molecule has 0 atom stereocenters. The molecule has 0 fully saturated rings. The number of pyridine rings is 1. The molecular weight excluding hydrogens is 125 g/mol. The van der Waals surface area contributed by atoms with Crippen molar-refractivity contribution in [3.8, 4) is 5.75 Å². The van der Waals surface area contributed by atoms with Crippen molar-refractivity contribution in [3.05, 3.63) is 18.3 Å². The second-order valence-electron chi connectivity index (χ2n) is 1.79. The molecule has 0 aromatic carbocycles. The zero-order valence-corrected chi connectivity index (χ0v) is 7.59. The molecule has 0 unspecified atom stereocenters. The fraction of sp³-hybridized carbons (Fsp3) is 0.167. The molecule has 0 amide bonds. The number of rotatable bonds is 1. The van der Waals surface area contributed by atoms with Gasteiger partial charge in [0.15, 0.2) is 0 Å². The molecule has 1 aromatic heterocycles. The summed E-state index contributed by atoms with van der Waals surface area (Å²) in [7, 11) is 1.67. The summed E-state index contributed by atoms with van der Waals surface area (Å²) in [5.41, 5.74) is 0. The fourth-order valence-electron chi connectivity index (χ4n) is 0.685. The predicted molar refractivity (Wildman–Crippen MR) is 36.2 cm³/mol. The van der Waals surface area contributed by atoms with Crippen LogP contribution in [0.1, 0.15) is 0 Å². The molecule has 0 aliphatic carbocycles. The average Bonchev–Trinajstić information content (AvgIpc) is 1.89. The molecule has 0 saturated carbocycles. The van der Waals surface area contributed by atoms with E-state index in [0.717, 1.165) is 36.6 Å². The molecule has 2 nitrogen and oxygen atoms in total. The van der Waals surface area contributed by atoms with Gasteiger partial charge in [0.05, 0.1) is 0 Å². The molecular formula is C6H6NNaO. The third-order valence-corrected chi connectivity index (χ3v) is 1.93. The summed E-state index contributed by atoms with van der Waals surface area (Å²) in [4.78, 5) is 4.09. The molecule has 1 rings (SSSR count). The van der Waals surface area contributed by atoms with Crippen LogP contribution in [0, 0.1) is 0 Å². The van der Waals surface area contributed by atoms with Crippen molar-refractivity contribution >= 4 is 30.9 Å². The normalized spacial score (nSPS) is 9.22. The number of hydrogen-bond acceptors (Lipinski definition) is 2. The van der Waals surface area contributed by atoms with Crippen molar-refractivity contribution in [2.75, 3.05) is 7.11 Å². The first-order valence-electron chi connectivity index (χ1n) is 2.80. The van der Waals surface area contributed by atoms with Gasteiger partial charge in [-0.2, -0.15) is 0 Å². The Bertz CT molecular complexity index is 202. The topological polar surface area (TPSA) is 22.1 Å². The van der Waals surface area contributed by atoms with Crippen molar-refractivity contribution in [3.63, 3.8) is 0 Å². The molecule has 0 aliphatic rings. The summed E-state index contributed by atoms with van der Waals surface area (Å²) < 4.78 is 6.09. The second-order valence-corrected chi connectivity index (χ2v) is 2.74. The molecule has 0 aliphatic heterocycles. The predicted octanol–water partition coefficient (Wildman–Crippen LogP) is -0.116. The number of ether oxygens (including phenoxy) is 1. The molecule has 0 spiro atoms. The molecule has 3 heteroatoms. The maximum absolute atomic E-state index is 5.02. The van der Waals surface area contributed by atoms with Crippen LogP contribution in [0.25, 0.3) is 0 Å². The van der Waals surface area contributed by atoms with Gasteiger partial charge in [0.2, 0.25) is 0 Å². The molecule has 9 heavy (non-hydrogen) atoms. The summed E-state index contributed by atoms with van der Waals surface area (Å²) in [5, 5.41) is 0. The van der Waals surface area contributed by atoms with Crippen LogP contribution in [0.2, 0.25) is 0 Å². The van der Waals surface area contributed by atoms with E-state index in [1.54, 1.807) is 13.3 Å². The monoisotopic (exact) mass is 131 g/mol. The van der Waals surface area contributed by atoms with Gasteiger partial charge in [-0.05, 0) is 0 Å². The Labute approximate surface area is 71.7 Å². The average molecular weight is 131 g/mol. The second kappa shape index (κ2) is 3.20. The Morgan fingerprint density at radius 2 is 2.44 bits per heavy atom. The van der Waals surface area contributed by atoms with Crippen LogP contribution in [-0.2, 0) is 0 Å². The van der Waals surface area contributed by atoms with E-state index in [9.17, 15) is 0 Å². The van der Waals surface area contributed by atoms with Crippen LogP contribution >= 0.6 is 0 Å². The Morgan fingerprint density at radius 3 is 2.89 bits per heavy atom.